The van der Waals surface area contributed by atoms with Crippen LogP contribution in [0.3, 0.4) is 0 Å². The molecule has 0 aliphatic carbocycles. The number of para-hydroxylation sites is 1. The SMILES string of the molecule is O=C(Cc1cccc2cccnc12)NC1CCN(Cc2ccccc2)CC1. The third-order valence-electron chi connectivity index (χ3n) is 5.27. The van der Waals surface area contributed by atoms with Crippen LogP contribution in [0.25, 0.3) is 10.9 Å². The molecular weight excluding hydrogens is 334 g/mol. The Morgan fingerprint density at radius 3 is 2.59 bits per heavy atom. The number of nitrogens with zero attached hydrogens (tertiary/aromatic N) is 2. The number of fused-ring (bicyclic) bond motifs is 1. The fraction of sp³-hybridized carbons (Fsp3) is 0.304. The summed E-state index contributed by atoms with van der Waals surface area (Å²) in [5.41, 5.74) is 3.27. The van der Waals surface area contributed by atoms with E-state index in [1.807, 2.05) is 30.3 Å². The van der Waals surface area contributed by atoms with E-state index in [-0.39, 0.29) is 11.9 Å². The Bertz CT molecular complexity index is 896. The van der Waals surface area contributed by atoms with E-state index in [1.165, 1.54) is 5.56 Å². The normalized spacial score (nSPS) is 15.7. The average Bonchev–Trinajstić information content (AvgIpc) is 2.71. The number of hydrogen-bond donors (Lipinski definition) is 1. The Balaban J connectivity index is 1.29. The van der Waals surface area contributed by atoms with Crippen molar-refractivity contribution in [2.24, 2.45) is 0 Å². The number of likely N-dealkylation sites (tertiary alicyclic amines) is 1. The van der Waals surface area contributed by atoms with Crippen LogP contribution in [-0.4, -0.2) is 34.9 Å². The van der Waals surface area contributed by atoms with Crippen LogP contribution < -0.4 is 5.32 Å². The van der Waals surface area contributed by atoms with Crippen LogP contribution >= 0.6 is 0 Å². The van der Waals surface area contributed by atoms with Crippen molar-refractivity contribution in [3.8, 4) is 0 Å². The van der Waals surface area contributed by atoms with Crippen molar-refractivity contribution in [2.75, 3.05) is 13.1 Å². The number of amides is 1. The molecule has 4 heteroatoms. The zero-order valence-electron chi connectivity index (χ0n) is 15.5. The predicted molar refractivity (Wildman–Crippen MR) is 108 cm³/mol. The van der Waals surface area contributed by atoms with Gasteiger partial charge in [-0.25, -0.2) is 0 Å². The molecule has 0 radical (unpaired) electrons. The van der Waals surface area contributed by atoms with Gasteiger partial charge in [0.05, 0.1) is 11.9 Å². The van der Waals surface area contributed by atoms with Gasteiger partial charge in [-0.2, -0.15) is 0 Å². The first-order valence-corrected chi connectivity index (χ1v) is 9.66. The summed E-state index contributed by atoms with van der Waals surface area (Å²) in [6.07, 6.45) is 4.18. The number of carbonyl (C=O) groups excluding carboxylic acids is 1. The molecule has 3 aromatic rings. The fourth-order valence-electron chi connectivity index (χ4n) is 3.84. The molecule has 0 bridgehead atoms. The Morgan fingerprint density at radius 1 is 1.00 bits per heavy atom. The summed E-state index contributed by atoms with van der Waals surface area (Å²) in [5.74, 6) is 0.0923. The minimum Gasteiger partial charge on any atom is -0.353 e. The molecule has 0 saturated carbocycles. The summed E-state index contributed by atoms with van der Waals surface area (Å²) in [4.78, 5) is 19.5. The van der Waals surface area contributed by atoms with Crippen molar-refractivity contribution < 1.29 is 4.79 Å². The number of rotatable bonds is 5. The van der Waals surface area contributed by atoms with E-state index in [2.05, 4.69) is 45.5 Å². The van der Waals surface area contributed by atoms with Crippen molar-refractivity contribution in [3.63, 3.8) is 0 Å². The number of benzene rings is 2. The molecule has 138 valence electrons. The number of nitrogens with one attached hydrogen (secondary N) is 1. The molecule has 1 aliphatic rings. The number of piperidine rings is 1. The van der Waals surface area contributed by atoms with Crippen LogP contribution in [0.1, 0.15) is 24.0 Å². The summed E-state index contributed by atoms with van der Waals surface area (Å²) < 4.78 is 0. The molecule has 4 rings (SSSR count). The largest absolute Gasteiger partial charge is 0.353 e. The molecule has 0 unspecified atom stereocenters. The van der Waals surface area contributed by atoms with Gasteiger partial charge in [-0.15, -0.1) is 0 Å². The zero-order chi connectivity index (χ0) is 18.5. The van der Waals surface area contributed by atoms with Gasteiger partial charge in [-0.3, -0.25) is 14.7 Å². The monoisotopic (exact) mass is 359 g/mol. The van der Waals surface area contributed by atoms with Gasteiger partial charge in [0, 0.05) is 37.3 Å². The van der Waals surface area contributed by atoms with E-state index in [1.54, 1.807) is 6.20 Å². The molecule has 0 spiro atoms. The number of hydrogen-bond acceptors (Lipinski definition) is 3. The molecule has 1 amide bonds. The predicted octanol–water partition coefficient (Wildman–Crippen LogP) is 3.56. The van der Waals surface area contributed by atoms with Gasteiger partial charge in [0.2, 0.25) is 5.91 Å². The summed E-state index contributed by atoms with van der Waals surface area (Å²) in [6, 6.07) is 20.8. The van der Waals surface area contributed by atoms with Crippen molar-refractivity contribution in [1.29, 1.82) is 0 Å². The van der Waals surface area contributed by atoms with E-state index in [0.29, 0.717) is 6.42 Å². The lowest BCUT2D eigenvalue weighted by Gasteiger charge is -2.32. The number of pyridine rings is 1. The highest BCUT2D eigenvalue weighted by Crippen LogP contribution is 2.17. The standard InChI is InChI=1S/C23H25N3O/c27-22(16-20-9-4-8-19-10-5-13-24-23(19)20)25-21-11-14-26(15-12-21)17-18-6-2-1-3-7-18/h1-10,13,21H,11-12,14-17H2,(H,25,27). The summed E-state index contributed by atoms with van der Waals surface area (Å²) in [6.45, 7) is 3.04. The van der Waals surface area contributed by atoms with Gasteiger partial charge < -0.3 is 5.32 Å². The summed E-state index contributed by atoms with van der Waals surface area (Å²) in [7, 11) is 0. The molecule has 1 saturated heterocycles. The second kappa shape index (κ2) is 8.31. The maximum Gasteiger partial charge on any atom is 0.224 e. The average molecular weight is 359 g/mol. The zero-order valence-corrected chi connectivity index (χ0v) is 15.5. The molecule has 1 fully saturated rings. The van der Waals surface area contributed by atoms with Crippen molar-refractivity contribution in [2.45, 2.75) is 31.8 Å². The van der Waals surface area contributed by atoms with Crippen LogP contribution in [-0.2, 0) is 17.8 Å². The van der Waals surface area contributed by atoms with Crippen LogP contribution in [0.4, 0.5) is 0 Å². The van der Waals surface area contributed by atoms with Gasteiger partial charge in [-0.1, -0.05) is 54.6 Å². The van der Waals surface area contributed by atoms with Crippen molar-refractivity contribution >= 4 is 16.8 Å². The Labute approximate surface area is 160 Å². The molecule has 1 N–H and O–H groups in total. The van der Waals surface area contributed by atoms with Crippen molar-refractivity contribution in [1.82, 2.24) is 15.2 Å². The summed E-state index contributed by atoms with van der Waals surface area (Å²) >= 11 is 0. The van der Waals surface area contributed by atoms with Crippen LogP contribution in [0.15, 0.2) is 66.9 Å². The van der Waals surface area contributed by atoms with E-state index in [4.69, 9.17) is 0 Å². The van der Waals surface area contributed by atoms with Crippen LogP contribution in [0, 0.1) is 0 Å². The highest BCUT2D eigenvalue weighted by Gasteiger charge is 2.21. The van der Waals surface area contributed by atoms with E-state index in [9.17, 15) is 4.79 Å². The lowest BCUT2D eigenvalue weighted by molar-refractivity contribution is -0.121. The third-order valence-corrected chi connectivity index (χ3v) is 5.27. The highest BCUT2D eigenvalue weighted by atomic mass is 16.1. The molecule has 2 heterocycles. The first kappa shape index (κ1) is 17.7. The summed E-state index contributed by atoms with van der Waals surface area (Å²) in [5, 5.41) is 4.30. The van der Waals surface area contributed by atoms with Gasteiger partial charge in [-0.05, 0) is 30.0 Å². The smallest absolute Gasteiger partial charge is 0.224 e. The minimum atomic E-state index is 0.0923. The second-order valence-electron chi connectivity index (χ2n) is 7.27. The molecule has 27 heavy (non-hydrogen) atoms. The van der Waals surface area contributed by atoms with Crippen molar-refractivity contribution in [3.05, 3.63) is 78.0 Å². The fourth-order valence-corrected chi connectivity index (χ4v) is 3.84. The maximum atomic E-state index is 12.5. The molecule has 1 aromatic heterocycles. The van der Waals surface area contributed by atoms with Crippen LogP contribution in [0.5, 0.6) is 0 Å². The first-order chi connectivity index (χ1) is 13.3. The molecule has 1 aliphatic heterocycles. The Kier molecular flexibility index (Phi) is 5.45. The lowest BCUT2D eigenvalue weighted by Crippen LogP contribution is -2.44. The molecule has 2 aromatic carbocycles. The number of aromatic nitrogens is 1. The van der Waals surface area contributed by atoms with E-state index >= 15 is 0 Å². The van der Waals surface area contributed by atoms with E-state index < -0.39 is 0 Å². The maximum absolute atomic E-state index is 12.5. The van der Waals surface area contributed by atoms with E-state index in [0.717, 1.165) is 48.9 Å². The lowest BCUT2D eigenvalue weighted by atomic mass is 10.0. The minimum absolute atomic E-state index is 0.0923. The van der Waals surface area contributed by atoms with Crippen LogP contribution in [0.2, 0.25) is 0 Å². The number of carbonyl (C=O) groups is 1. The first-order valence-electron chi connectivity index (χ1n) is 9.66. The van der Waals surface area contributed by atoms with Gasteiger partial charge >= 0.3 is 0 Å². The van der Waals surface area contributed by atoms with Gasteiger partial charge in [0.25, 0.3) is 0 Å². The quantitative estimate of drug-likeness (QED) is 0.758. The highest BCUT2D eigenvalue weighted by molar-refractivity contribution is 5.87. The molecular formula is C23H25N3O. The van der Waals surface area contributed by atoms with Gasteiger partial charge in [0.1, 0.15) is 0 Å². The topological polar surface area (TPSA) is 45.2 Å². The Hall–Kier alpha value is -2.72. The third kappa shape index (κ3) is 4.52. The molecule has 0 atom stereocenters. The second-order valence-corrected chi connectivity index (χ2v) is 7.27. The molecule has 4 nitrogen and oxygen atoms in total. The van der Waals surface area contributed by atoms with Gasteiger partial charge in [0.15, 0.2) is 0 Å². The Morgan fingerprint density at radius 2 is 1.78 bits per heavy atom.